The van der Waals surface area contributed by atoms with Crippen molar-refractivity contribution < 1.29 is 14.3 Å². The topological polar surface area (TPSA) is 64.4 Å². The lowest BCUT2D eigenvalue weighted by Crippen LogP contribution is -2.34. The van der Waals surface area contributed by atoms with Gasteiger partial charge in [0, 0.05) is 42.5 Å². The number of rotatable bonds is 6. The summed E-state index contributed by atoms with van der Waals surface area (Å²) < 4.78 is 6.93. The molecule has 1 amide bonds. The summed E-state index contributed by atoms with van der Waals surface area (Å²) >= 11 is 6.01. The molecule has 3 aromatic rings. The Morgan fingerprint density at radius 1 is 1.10 bits per heavy atom. The standard InChI is InChI=1S/C23H22ClN3O3/c1-16(23(29)26(2)3)30-21(28)14-11-18-15-27(20-7-5-4-6-8-20)25-22(18)17-9-12-19(24)13-10-17/h4-16H,1-3H3/b14-11+. The van der Waals surface area contributed by atoms with Crippen molar-refractivity contribution in [2.75, 3.05) is 14.1 Å². The van der Waals surface area contributed by atoms with E-state index in [1.54, 1.807) is 43.9 Å². The Kier molecular flexibility index (Phi) is 6.69. The molecule has 3 rings (SSSR count). The molecule has 0 aliphatic carbocycles. The average molecular weight is 424 g/mol. The van der Waals surface area contributed by atoms with Crippen LogP contribution in [0, 0.1) is 0 Å². The first-order valence-electron chi connectivity index (χ1n) is 9.36. The van der Waals surface area contributed by atoms with Crippen LogP contribution in [0.5, 0.6) is 0 Å². The quantitative estimate of drug-likeness (QED) is 0.439. The lowest BCUT2D eigenvalue weighted by molar-refractivity contribution is -0.153. The van der Waals surface area contributed by atoms with E-state index in [1.165, 1.54) is 11.0 Å². The number of nitrogens with zero attached hydrogens (tertiary/aromatic N) is 3. The molecule has 0 saturated heterocycles. The average Bonchev–Trinajstić information content (AvgIpc) is 3.17. The first-order chi connectivity index (χ1) is 14.3. The van der Waals surface area contributed by atoms with Gasteiger partial charge in [-0.1, -0.05) is 41.9 Å². The van der Waals surface area contributed by atoms with Crippen molar-refractivity contribution in [2.45, 2.75) is 13.0 Å². The van der Waals surface area contributed by atoms with E-state index < -0.39 is 12.1 Å². The minimum atomic E-state index is -0.861. The summed E-state index contributed by atoms with van der Waals surface area (Å²) in [5.74, 6) is -0.886. The van der Waals surface area contributed by atoms with Gasteiger partial charge >= 0.3 is 5.97 Å². The number of amides is 1. The van der Waals surface area contributed by atoms with Gasteiger partial charge in [0.2, 0.25) is 0 Å². The third-order valence-electron chi connectivity index (χ3n) is 4.36. The van der Waals surface area contributed by atoms with Gasteiger partial charge in [-0.3, -0.25) is 4.79 Å². The van der Waals surface area contributed by atoms with Crippen LogP contribution in [0.15, 0.2) is 66.9 Å². The molecule has 1 atom stereocenters. The zero-order chi connectivity index (χ0) is 21.7. The van der Waals surface area contributed by atoms with Crippen LogP contribution in [-0.2, 0) is 14.3 Å². The smallest absolute Gasteiger partial charge is 0.331 e. The molecule has 154 valence electrons. The summed E-state index contributed by atoms with van der Waals surface area (Å²) in [5.41, 5.74) is 3.17. The number of aromatic nitrogens is 2. The molecule has 30 heavy (non-hydrogen) atoms. The lowest BCUT2D eigenvalue weighted by Gasteiger charge is -2.16. The predicted octanol–water partition coefficient (Wildman–Crippen LogP) is 4.23. The fraction of sp³-hybridized carbons (Fsp3) is 0.174. The number of esters is 1. The van der Waals surface area contributed by atoms with E-state index in [9.17, 15) is 9.59 Å². The van der Waals surface area contributed by atoms with Crippen LogP contribution >= 0.6 is 11.6 Å². The molecule has 0 bridgehead atoms. The largest absolute Gasteiger partial charge is 0.449 e. The van der Waals surface area contributed by atoms with E-state index in [0.29, 0.717) is 10.7 Å². The van der Waals surface area contributed by atoms with Gasteiger partial charge < -0.3 is 9.64 Å². The number of ether oxygens (including phenoxy) is 1. The Balaban J connectivity index is 1.89. The molecule has 0 aliphatic heterocycles. The summed E-state index contributed by atoms with van der Waals surface area (Å²) in [6, 6.07) is 17.0. The molecule has 1 unspecified atom stereocenters. The van der Waals surface area contributed by atoms with Crippen LogP contribution in [0.4, 0.5) is 0 Å². The highest BCUT2D eigenvalue weighted by molar-refractivity contribution is 6.30. The van der Waals surface area contributed by atoms with Gasteiger partial charge in [-0.05, 0) is 37.3 Å². The monoisotopic (exact) mass is 423 g/mol. The molecule has 0 radical (unpaired) electrons. The van der Waals surface area contributed by atoms with Crippen molar-refractivity contribution in [1.82, 2.24) is 14.7 Å². The Labute approximate surface area is 180 Å². The van der Waals surface area contributed by atoms with Gasteiger partial charge in [0.25, 0.3) is 5.91 Å². The third-order valence-corrected chi connectivity index (χ3v) is 4.61. The van der Waals surface area contributed by atoms with E-state index in [1.807, 2.05) is 48.7 Å². The van der Waals surface area contributed by atoms with Crippen molar-refractivity contribution >= 4 is 29.6 Å². The van der Waals surface area contributed by atoms with Crippen molar-refractivity contribution in [3.63, 3.8) is 0 Å². The minimum absolute atomic E-state index is 0.282. The summed E-state index contributed by atoms with van der Waals surface area (Å²) in [6.45, 7) is 1.54. The normalized spacial score (nSPS) is 12.0. The molecule has 1 aromatic heterocycles. The van der Waals surface area contributed by atoms with Gasteiger partial charge in [-0.25, -0.2) is 9.48 Å². The van der Waals surface area contributed by atoms with Crippen molar-refractivity contribution in [1.29, 1.82) is 0 Å². The van der Waals surface area contributed by atoms with Gasteiger partial charge in [-0.15, -0.1) is 0 Å². The summed E-state index contributed by atoms with van der Waals surface area (Å²) in [5, 5.41) is 5.31. The Bertz CT molecular complexity index is 1060. The fourth-order valence-electron chi connectivity index (χ4n) is 2.84. The Morgan fingerprint density at radius 2 is 1.77 bits per heavy atom. The Hall–Kier alpha value is -3.38. The molecule has 0 aliphatic rings. The maximum absolute atomic E-state index is 12.2. The predicted molar refractivity (Wildman–Crippen MR) is 117 cm³/mol. The molecule has 2 aromatic carbocycles. The SMILES string of the molecule is CC(OC(=O)/C=C/c1cn(-c2ccccc2)nc1-c1ccc(Cl)cc1)C(=O)N(C)C. The summed E-state index contributed by atoms with van der Waals surface area (Å²) in [7, 11) is 3.22. The molecule has 6 nitrogen and oxygen atoms in total. The highest BCUT2D eigenvalue weighted by atomic mass is 35.5. The second kappa shape index (κ2) is 9.41. The summed E-state index contributed by atoms with van der Waals surface area (Å²) in [6.07, 6.45) is 3.90. The van der Waals surface area contributed by atoms with Gasteiger partial charge in [0.05, 0.1) is 11.4 Å². The zero-order valence-electron chi connectivity index (χ0n) is 16.9. The molecule has 0 saturated carbocycles. The first kappa shape index (κ1) is 21.3. The highest BCUT2D eigenvalue weighted by Crippen LogP contribution is 2.26. The van der Waals surface area contributed by atoms with E-state index in [-0.39, 0.29) is 5.91 Å². The molecular formula is C23H22ClN3O3. The van der Waals surface area contributed by atoms with Crippen LogP contribution in [0.2, 0.25) is 5.02 Å². The fourth-order valence-corrected chi connectivity index (χ4v) is 2.97. The highest BCUT2D eigenvalue weighted by Gasteiger charge is 2.18. The lowest BCUT2D eigenvalue weighted by atomic mass is 10.1. The third kappa shape index (κ3) is 5.15. The number of halogens is 1. The van der Waals surface area contributed by atoms with Crippen molar-refractivity contribution in [3.8, 4) is 16.9 Å². The van der Waals surface area contributed by atoms with Gasteiger partial charge in [0.15, 0.2) is 6.10 Å². The van der Waals surface area contributed by atoms with E-state index in [2.05, 4.69) is 5.10 Å². The number of hydrogen-bond acceptors (Lipinski definition) is 4. The number of benzene rings is 2. The second-order valence-electron chi connectivity index (χ2n) is 6.87. The molecular weight excluding hydrogens is 402 g/mol. The van der Waals surface area contributed by atoms with Crippen LogP contribution in [0.3, 0.4) is 0 Å². The van der Waals surface area contributed by atoms with E-state index in [4.69, 9.17) is 16.3 Å². The molecule has 0 N–H and O–H groups in total. The van der Waals surface area contributed by atoms with Gasteiger partial charge in [-0.2, -0.15) is 5.10 Å². The van der Waals surface area contributed by atoms with E-state index >= 15 is 0 Å². The van der Waals surface area contributed by atoms with Crippen molar-refractivity contribution in [3.05, 3.63) is 77.5 Å². The number of carbonyl (C=O) groups excluding carboxylic acids is 2. The maximum atomic E-state index is 12.2. The van der Waals surface area contributed by atoms with Crippen LogP contribution in [0.25, 0.3) is 23.0 Å². The van der Waals surface area contributed by atoms with E-state index in [0.717, 1.165) is 16.8 Å². The Morgan fingerprint density at radius 3 is 2.40 bits per heavy atom. The number of carbonyl (C=O) groups is 2. The molecule has 0 fully saturated rings. The van der Waals surface area contributed by atoms with Crippen LogP contribution < -0.4 is 0 Å². The van der Waals surface area contributed by atoms with Crippen LogP contribution in [-0.4, -0.2) is 46.8 Å². The van der Waals surface area contributed by atoms with Gasteiger partial charge in [0.1, 0.15) is 0 Å². The number of para-hydroxylation sites is 1. The number of likely N-dealkylation sites (N-methyl/N-ethyl adjacent to an activating group) is 1. The minimum Gasteiger partial charge on any atom is -0.449 e. The summed E-state index contributed by atoms with van der Waals surface area (Å²) in [4.78, 5) is 25.5. The first-order valence-corrected chi connectivity index (χ1v) is 9.74. The maximum Gasteiger partial charge on any atom is 0.331 e. The molecule has 7 heteroatoms. The molecule has 1 heterocycles. The zero-order valence-corrected chi connectivity index (χ0v) is 17.7. The second-order valence-corrected chi connectivity index (χ2v) is 7.30. The van der Waals surface area contributed by atoms with Crippen LogP contribution in [0.1, 0.15) is 12.5 Å². The molecule has 0 spiro atoms. The number of hydrogen-bond donors (Lipinski definition) is 0. The van der Waals surface area contributed by atoms with Crippen molar-refractivity contribution in [2.24, 2.45) is 0 Å².